The molecule has 1 aliphatic carbocycles. The van der Waals surface area contributed by atoms with Crippen LogP contribution in [0.5, 0.6) is 0 Å². The van der Waals surface area contributed by atoms with Gasteiger partial charge in [-0.2, -0.15) is 0 Å². The fourth-order valence-corrected chi connectivity index (χ4v) is 4.48. The van der Waals surface area contributed by atoms with Gasteiger partial charge in [0.15, 0.2) is 0 Å². The lowest BCUT2D eigenvalue weighted by Gasteiger charge is -2.29. The lowest BCUT2D eigenvalue weighted by molar-refractivity contribution is -0.137. The van der Waals surface area contributed by atoms with Gasteiger partial charge >= 0.3 is 12.1 Å². The normalized spacial score (nSPS) is 13.2. The number of nitrogens with zero attached hydrogens (tertiary/aromatic N) is 1. The molecule has 0 spiro atoms. The van der Waals surface area contributed by atoms with Gasteiger partial charge in [-0.15, -0.1) is 0 Å². The minimum absolute atomic E-state index is 0.0484. The van der Waals surface area contributed by atoms with Crippen LogP contribution in [0, 0.1) is 5.92 Å². The number of hydrogen-bond donors (Lipinski definition) is 2. The fourth-order valence-electron chi connectivity index (χ4n) is 4.48. The average Bonchev–Trinajstić information content (AvgIpc) is 3.14. The van der Waals surface area contributed by atoms with Crippen molar-refractivity contribution in [1.29, 1.82) is 0 Å². The second-order valence-corrected chi connectivity index (χ2v) is 8.96. The van der Waals surface area contributed by atoms with Crippen LogP contribution in [0.1, 0.15) is 57.1 Å². The maximum absolute atomic E-state index is 13.1. The Morgan fingerprint density at radius 3 is 2.12 bits per heavy atom. The van der Waals surface area contributed by atoms with Crippen LogP contribution in [-0.4, -0.2) is 53.7 Å². The maximum atomic E-state index is 13.1. The van der Waals surface area contributed by atoms with E-state index < -0.39 is 18.1 Å². The second-order valence-electron chi connectivity index (χ2n) is 8.96. The Balaban J connectivity index is 1.61. The van der Waals surface area contributed by atoms with Crippen molar-refractivity contribution in [3.05, 3.63) is 59.7 Å². The molecule has 0 bridgehead atoms. The minimum atomic E-state index is -0.841. The molecule has 2 amide bonds. The number of ether oxygens (including phenoxy) is 1. The van der Waals surface area contributed by atoms with Gasteiger partial charge in [-0.25, -0.2) is 4.79 Å². The molecule has 34 heavy (non-hydrogen) atoms. The van der Waals surface area contributed by atoms with Crippen molar-refractivity contribution < 1.29 is 24.2 Å². The van der Waals surface area contributed by atoms with E-state index in [0.29, 0.717) is 25.9 Å². The van der Waals surface area contributed by atoms with E-state index in [0.717, 1.165) is 22.3 Å². The lowest BCUT2D eigenvalue weighted by atomic mass is 9.98. The largest absolute Gasteiger partial charge is 0.481 e. The summed E-state index contributed by atoms with van der Waals surface area (Å²) in [7, 11) is 0. The Morgan fingerprint density at radius 1 is 1.00 bits per heavy atom. The third-order valence-corrected chi connectivity index (χ3v) is 6.31. The number of amides is 2. The highest BCUT2D eigenvalue weighted by Gasteiger charge is 2.31. The first kappa shape index (κ1) is 25.3. The van der Waals surface area contributed by atoms with E-state index in [4.69, 9.17) is 9.84 Å². The zero-order valence-corrected chi connectivity index (χ0v) is 20.1. The number of carboxylic acids is 1. The summed E-state index contributed by atoms with van der Waals surface area (Å²) >= 11 is 0. The lowest BCUT2D eigenvalue weighted by Crippen LogP contribution is -2.51. The van der Waals surface area contributed by atoms with Crippen molar-refractivity contribution in [1.82, 2.24) is 10.2 Å². The number of aliphatic carboxylic acids is 1. The van der Waals surface area contributed by atoms with E-state index in [9.17, 15) is 14.4 Å². The van der Waals surface area contributed by atoms with Gasteiger partial charge in [0, 0.05) is 25.4 Å². The van der Waals surface area contributed by atoms with E-state index in [1.807, 2.05) is 45.0 Å². The van der Waals surface area contributed by atoms with E-state index in [1.165, 1.54) is 0 Å². The predicted octanol–water partition coefficient (Wildman–Crippen LogP) is 4.65. The molecule has 0 unspecified atom stereocenters. The van der Waals surface area contributed by atoms with Gasteiger partial charge in [-0.05, 0) is 47.9 Å². The monoisotopic (exact) mass is 466 g/mol. The first-order valence-electron chi connectivity index (χ1n) is 12.0. The molecule has 7 nitrogen and oxygen atoms in total. The van der Waals surface area contributed by atoms with Gasteiger partial charge in [0.25, 0.3) is 0 Å². The topological polar surface area (TPSA) is 95.9 Å². The Bertz CT molecular complexity index is 974. The summed E-state index contributed by atoms with van der Waals surface area (Å²) in [6, 6.07) is 15.6. The van der Waals surface area contributed by atoms with E-state index in [1.54, 1.807) is 4.90 Å². The van der Waals surface area contributed by atoms with Gasteiger partial charge in [-0.1, -0.05) is 62.4 Å². The molecule has 0 fully saturated rings. The Kier molecular flexibility index (Phi) is 8.68. The molecule has 0 heterocycles. The number of carbonyl (C=O) groups is 3. The molecule has 2 aromatic carbocycles. The summed E-state index contributed by atoms with van der Waals surface area (Å²) in [5, 5.41) is 11.6. The first-order chi connectivity index (χ1) is 16.3. The average molecular weight is 467 g/mol. The van der Waals surface area contributed by atoms with Crippen LogP contribution in [0.15, 0.2) is 48.5 Å². The molecule has 0 radical (unpaired) electrons. The third-order valence-electron chi connectivity index (χ3n) is 6.31. The van der Waals surface area contributed by atoms with Crippen LogP contribution in [0.2, 0.25) is 0 Å². The van der Waals surface area contributed by atoms with E-state index in [2.05, 4.69) is 29.6 Å². The quantitative estimate of drug-likeness (QED) is 0.470. The molecular weight excluding hydrogens is 432 g/mol. The van der Waals surface area contributed by atoms with Crippen molar-refractivity contribution in [3.8, 4) is 11.1 Å². The molecule has 182 valence electrons. The number of rotatable bonds is 11. The van der Waals surface area contributed by atoms with Crippen LogP contribution in [0.3, 0.4) is 0 Å². The summed E-state index contributed by atoms with van der Waals surface area (Å²) in [5.41, 5.74) is 4.57. The van der Waals surface area contributed by atoms with Crippen molar-refractivity contribution in [3.63, 3.8) is 0 Å². The number of benzene rings is 2. The highest BCUT2D eigenvalue weighted by atomic mass is 16.5. The number of alkyl carbamates (subject to hydrolysis) is 1. The fraction of sp³-hybridized carbons (Fsp3) is 0.444. The Morgan fingerprint density at radius 2 is 1.59 bits per heavy atom. The number of hydrogen-bond acceptors (Lipinski definition) is 4. The van der Waals surface area contributed by atoms with Crippen LogP contribution in [0.25, 0.3) is 11.1 Å². The Hall–Kier alpha value is -3.35. The number of carbonyl (C=O) groups excluding carboxylic acids is 2. The molecule has 3 rings (SSSR count). The van der Waals surface area contributed by atoms with Crippen molar-refractivity contribution in [2.45, 2.75) is 52.0 Å². The molecule has 0 aliphatic heterocycles. The van der Waals surface area contributed by atoms with Gasteiger partial charge in [0.2, 0.25) is 5.91 Å². The molecule has 0 saturated carbocycles. The molecule has 2 N–H and O–H groups in total. The third kappa shape index (κ3) is 5.95. The van der Waals surface area contributed by atoms with Crippen LogP contribution in [0.4, 0.5) is 4.79 Å². The highest BCUT2D eigenvalue weighted by molar-refractivity contribution is 5.86. The SMILES string of the molecule is CCN(CCCCC(=O)O)C(=O)[C@@H](NC(=O)OCC1c2ccccc2-c2ccccc21)C(C)C. The summed E-state index contributed by atoms with van der Waals surface area (Å²) in [6.45, 7) is 6.76. The zero-order valence-electron chi connectivity index (χ0n) is 20.1. The van der Waals surface area contributed by atoms with Crippen molar-refractivity contribution in [2.75, 3.05) is 19.7 Å². The minimum Gasteiger partial charge on any atom is -0.481 e. The molecular formula is C27H34N2O5. The maximum Gasteiger partial charge on any atom is 0.407 e. The Labute approximate surface area is 201 Å². The van der Waals surface area contributed by atoms with Crippen LogP contribution in [-0.2, 0) is 14.3 Å². The number of fused-ring (bicyclic) bond motifs is 3. The number of unbranched alkanes of at least 4 members (excludes halogenated alkanes) is 1. The van der Waals surface area contributed by atoms with Crippen LogP contribution < -0.4 is 5.32 Å². The van der Waals surface area contributed by atoms with Gasteiger partial charge < -0.3 is 20.1 Å². The second kappa shape index (κ2) is 11.7. The summed E-state index contributed by atoms with van der Waals surface area (Å²) in [6.07, 6.45) is 0.570. The predicted molar refractivity (Wildman–Crippen MR) is 131 cm³/mol. The van der Waals surface area contributed by atoms with Crippen molar-refractivity contribution in [2.24, 2.45) is 5.92 Å². The zero-order chi connectivity index (χ0) is 24.7. The molecule has 1 aliphatic rings. The van der Waals surface area contributed by atoms with E-state index in [-0.39, 0.29) is 30.8 Å². The number of carboxylic acid groups (broad SMARTS) is 1. The molecule has 2 aromatic rings. The molecule has 7 heteroatoms. The summed E-state index contributed by atoms with van der Waals surface area (Å²) < 4.78 is 5.62. The van der Waals surface area contributed by atoms with E-state index >= 15 is 0 Å². The summed E-state index contributed by atoms with van der Waals surface area (Å²) in [5.74, 6) is -1.19. The molecule has 0 aromatic heterocycles. The highest BCUT2D eigenvalue weighted by Crippen LogP contribution is 2.44. The van der Waals surface area contributed by atoms with Gasteiger partial charge in [0.1, 0.15) is 12.6 Å². The first-order valence-corrected chi connectivity index (χ1v) is 12.0. The number of nitrogens with one attached hydrogen (secondary N) is 1. The van der Waals surface area contributed by atoms with Gasteiger partial charge in [0.05, 0.1) is 0 Å². The molecule has 1 atom stereocenters. The smallest absolute Gasteiger partial charge is 0.407 e. The van der Waals surface area contributed by atoms with Crippen LogP contribution >= 0.6 is 0 Å². The summed E-state index contributed by atoms with van der Waals surface area (Å²) in [4.78, 5) is 38.2. The van der Waals surface area contributed by atoms with Crippen molar-refractivity contribution >= 4 is 18.0 Å². The van der Waals surface area contributed by atoms with Gasteiger partial charge in [-0.3, -0.25) is 9.59 Å². The standard InChI is InChI=1S/C27H34N2O5/c1-4-29(16-10-9-15-24(30)31)26(32)25(18(2)3)28-27(33)34-17-23-21-13-7-5-11-19(21)20-12-6-8-14-22(20)23/h5-8,11-14,18,23,25H,4,9-10,15-17H2,1-3H3,(H,28,33)(H,30,31)/t25-/m0/s1. The number of likely N-dealkylation sites (N-methyl/N-ethyl adjacent to an activating group) is 1. The molecule has 0 saturated heterocycles.